The van der Waals surface area contributed by atoms with Gasteiger partial charge >= 0.3 is 6.18 Å². The van der Waals surface area contributed by atoms with Crippen molar-refractivity contribution >= 4 is 17.5 Å². The fourth-order valence-electron chi connectivity index (χ4n) is 3.50. The number of carbonyl (C=O) groups excluding carboxylic acids is 2. The largest absolute Gasteiger partial charge is 0.416 e. The molecule has 2 heterocycles. The summed E-state index contributed by atoms with van der Waals surface area (Å²) in [5.74, 6) is -1.28. The van der Waals surface area contributed by atoms with Crippen LogP contribution in [0, 0.1) is 12.8 Å². The number of benzene rings is 1. The molecule has 1 saturated heterocycles. The summed E-state index contributed by atoms with van der Waals surface area (Å²) in [6.45, 7) is 3.43. The van der Waals surface area contributed by atoms with Crippen molar-refractivity contribution in [2.75, 3.05) is 25.5 Å². The van der Waals surface area contributed by atoms with Crippen molar-refractivity contribution in [3.05, 3.63) is 46.8 Å². The molecule has 2 N–H and O–H groups in total. The second kappa shape index (κ2) is 9.09. The summed E-state index contributed by atoms with van der Waals surface area (Å²) >= 11 is 0. The molecule has 7 nitrogen and oxygen atoms in total. The highest BCUT2D eigenvalue weighted by molar-refractivity contribution is 5.98. The number of likely N-dealkylation sites (tertiary alicyclic amines) is 1. The molecule has 168 valence electrons. The molecular formula is C21H26F3N5O2. The normalized spacial score (nSPS) is 15.7. The zero-order valence-corrected chi connectivity index (χ0v) is 17.7. The van der Waals surface area contributed by atoms with Gasteiger partial charge in [0.2, 0.25) is 5.91 Å². The zero-order valence-electron chi connectivity index (χ0n) is 17.7. The molecule has 1 fully saturated rings. The third-order valence-electron chi connectivity index (χ3n) is 5.47. The number of hydrogen-bond donors (Lipinski definition) is 2. The molecule has 2 aromatic rings. The first-order chi connectivity index (χ1) is 14.5. The maximum atomic E-state index is 13.4. The van der Waals surface area contributed by atoms with E-state index < -0.39 is 17.6 Å². The molecule has 2 amide bonds. The van der Waals surface area contributed by atoms with E-state index in [1.807, 2.05) is 14.0 Å². The van der Waals surface area contributed by atoms with Crippen LogP contribution in [0.5, 0.6) is 0 Å². The van der Waals surface area contributed by atoms with Gasteiger partial charge in [-0.1, -0.05) is 0 Å². The van der Waals surface area contributed by atoms with E-state index in [0.717, 1.165) is 30.9 Å². The third kappa shape index (κ3) is 5.84. The summed E-state index contributed by atoms with van der Waals surface area (Å²) < 4.78 is 41.8. The zero-order chi connectivity index (χ0) is 22.8. The first kappa shape index (κ1) is 22.8. The average molecular weight is 437 g/mol. The average Bonchev–Trinajstić information content (AvgIpc) is 3.03. The number of aryl methyl sites for hydroxylation is 2. The second-order valence-corrected chi connectivity index (χ2v) is 7.95. The van der Waals surface area contributed by atoms with Crippen LogP contribution in [0.2, 0.25) is 0 Å². The highest BCUT2D eigenvalue weighted by Gasteiger charge is 2.32. The van der Waals surface area contributed by atoms with E-state index >= 15 is 0 Å². The Morgan fingerprint density at radius 1 is 1.13 bits per heavy atom. The molecule has 0 bridgehead atoms. The molecule has 0 aliphatic carbocycles. The first-order valence-corrected chi connectivity index (χ1v) is 10.0. The molecule has 1 aliphatic rings. The van der Waals surface area contributed by atoms with Crippen molar-refractivity contribution in [3.8, 4) is 0 Å². The number of halogens is 3. The fraction of sp³-hybridized carbons (Fsp3) is 0.476. The molecule has 1 aromatic heterocycles. The monoisotopic (exact) mass is 437 g/mol. The number of rotatable bonds is 5. The topological polar surface area (TPSA) is 79.3 Å². The van der Waals surface area contributed by atoms with Gasteiger partial charge in [-0.2, -0.15) is 18.3 Å². The number of hydrogen-bond acceptors (Lipinski definition) is 4. The SMILES string of the molecule is Cc1cc(CNC(=O)c2cc(NC(=O)C3CCN(C)CC3)cc(C(F)(F)F)c2)nn1C. The molecule has 10 heteroatoms. The van der Waals surface area contributed by atoms with Crippen LogP contribution < -0.4 is 10.6 Å². The minimum atomic E-state index is -4.65. The summed E-state index contributed by atoms with van der Waals surface area (Å²) in [5.41, 5.74) is 0.268. The van der Waals surface area contributed by atoms with E-state index in [1.165, 1.54) is 6.07 Å². The summed E-state index contributed by atoms with van der Waals surface area (Å²) in [7, 11) is 3.71. The summed E-state index contributed by atoms with van der Waals surface area (Å²) in [4.78, 5) is 27.2. The van der Waals surface area contributed by atoms with E-state index in [1.54, 1.807) is 17.8 Å². The summed E-state index contributed by atoms with van der Waals surface area (Å²) in [6.07, 6.45) is -3.38. The molecule has 0 radical (unpaired) electrons. The standard InChI is InChI=1S/C21H26F3N5O2/c1-13-8-18(27-29(13)3)12-25-19(30)15-9-16(21(22,23)24)11-17(10-15)26-20(31)14-4-6-28(2)7-5-14/h8-11,14H,4-7,12H2,1-3H3,(H,25,30)(H,26,31). The van der Waals surface area contributed by atoms with Gasteiger partial charge in [-0.15, -0.1) is 0 Å². The van der Waals surface area contributed by atoms with Crippen LogP contribution in [0.3, 0.4) is 0 Å². The van der Waals surface area contributed by atoms with Crippen molar-refractivity contribution in [1.29, 1.82) is 0 Å². The Morgan fingerprint density at radius 2 is 1.81 bits per heavy atom. The van der Waals surface area contributed by atoms with Crippen LogP contribution in [0.1, 0.15) is 40.2 Å². The minimum absolute atomic E-state index is 0.0439. The Morgan fingerprint density at radius 3 is 2.39 bits per heavy atom. The van der Waals surface area contributed by atoms with E-state index in [0.29, 0.717) is 18.5 Å². The van der Waals surface area contributed by atoms with Crippen molar-refractivity contribution in [2.45, 2.75) is 32.5 Å². The van der Waals surface area contributed by atoms with E-state index in [9.17, 15) is 22.8 Å². The van der Waals surface area contributed by atoms with E-state index in [2.05, 4.69) is 20.6 Å². The van der Waals surface area contributed by atoms with Gasteiger partial charge in [-0.3, -0.25) is 14.3 Å². The summed E-state index contributed by atoms with van der Waals surface area (Å²) in [6, 6.07) is 4.68. The second-order valence-electron chi connectivity index (χ2n) is 7.95. The number of carbonyl (C=O) groups is 2. The van der Waals surface area contributed by atoms with Crippen molar-refractivity contribution in [3.63, 3.8) is 0 Å². The number of anilines is 1. The van der Waals surface area contributed by atoms with Gasteiger partial charge in [0, 0.05) is 29.9 Å². The number of nitrogens with one attached hydrogen (secondary N) is 2. The highest BCUT2D eigenvalue weighted by Crippen LogP contribution is 2.32. The number of nitrogens with zero attached hydrogens (tertiary/aromatic N) is 3. The van der Waals surface area contributed by atoms with Crippen LogP contribution in [0.25, 0.3) is 0 Å². The Kier molecular flexibility index (Phi) is 6.68. The van der Waals surface area contributed by atoms with Gasteiger partial charge in [-0.25, -0.2) is 0 Å². The van der Waals surface area contributed by atoms with Gasteiger partial charge in [0.1, 0.15) is 0 Å². The lowest BCUT2D eigenvalue weighted by Gasteiger charge is -2.28. The molecule has 0 atom stereocenters. The van der Waals surface area contributed by atoms with E-state index in [4.69, 9.17) is 0 Å². The van der Waals surface area contributed by atoms with Crippen LogP contribution in [0.4, 0.5) is 18.9 Å². The first-order valence-electron chi connectivity index (χ1n) is 10.0. The number of amides is 2. The number of aromatic nitrogens is 2. The Labute approximate surface area is 178 Å². The molecule has 1 aliphatic heterocycles. The quantitative estimate of drug-likeness (QED) is 0.754. The van der Waals surface area contributed by atoms with Gasteiger partial charge in [0.25, 0.3) is 5.91 Å². The fourth-order valence-corrected chi connectivity index (χ4v) is 3.50. The Balaban J connectivity index is 1.76. The lowest BCUT2D eigenvalue weighted by atomic mass is 9.96. The Bertz CT molecular complexity index is 943. The lowest BCUT2D eigenvalue weighted by Crippen LogP contribution is -2.36. The maximum absolute atomic E-state index is 13.4. The van der Waals surface area contributed by atoms with Crippen molar-refractivity contribution in [2.24, 2.45) is 13.0 Å². The molecule has 31 heavy (non-hydrogen) atoms. The molecular weight excluding hydrogens is 411 g/mol. The molecule has 0 unspecified atom stereocenters. The van der Waals surface area contributed by atoms with Crippen molar-refractivity contribution in [1.82, 2.24) is 20.0 Å². The number of alkyl halides is 3. The van der Waals surface area contributed by atoms with Gasteiger partial charge in [-0.05, 0) is 64.2 Å². The van der Waals surface area contributed by atoms with E-state index in [-0.39, 0.29) is 29.6 Å². The molecule has 0 saturated carbocycles. The molecule has 1 aromatic carbocycles. The van der Waals surface area contributed by atoms with Gasteiger partial charge in [0.15, 0.2) is 0 Å². The third-order valence-corrected chi connectivity index (χ3v) is 5.47. The highest BCUT2D eigenvalue weighted by atomic mass is 19.4. The van der Waals surface area contributed by atoms with Crippen LogP contribution >= 0.6 is 0 Å². The predicted molar refractivity (Wildman–Crippen MR) is 109 cm³/mol. The molecule has 3 rings (SSSR count). The number of piperidine rings is 1. The lowest BCUT2D eigenvalue weighted by molar-refractivity contribution is -0.137. The Hall–Kier alpha value is -2.88. The van der Waals surface area contributed by atoms with Crippen molar-refractivity contribution < 1.29 is 22.8 Å². The van der Waals surface area contributed by atoms with Crippen LogP contribution in [0.15, 0.2) is 24.3 Å². The predicted octanol–water partition coefficient (Wildman–Crippen LogP) is 2.96. The van der Waals surface area contributed by atoms with Gasteiger partial charge < -0.3 is 15.5 Å². The minimum Gasteiger partial charge on any atom is -0.346 e. The smallest absolute Gasteiger partial charge is 0.346 e. The van der Waals surface area contributed by atoms with Crippen LogP contribution in [-0.2, 0) is 24.6 Å². The van der Waals surface area contributed by atoms with Gasteiger partial charge in [0.05, 0.1) is 17.8 Å². The maximum Gasteiger partial charge on any atom is 0.416 e. The molecule has 0 spiro atoms. The summed E-state index contributed by atoms with van der Waals surface area (Å²) in [5, 5.41) is 9.36. The van der Waals surface area contributed by atoms with Crippen LogP contribution in [-0.4, -0.2) is 46.6 Å².